The number of anilines is 1. The minimum atomic E-state index is -4.68. The summed E-state index contributed by atoms with van der Waals surface area (Å²) < 4.78 is 40.4. The Morgan fingerprint density at radius 2 is 1.86 bits per heavy atom. The maximum Gasteiger partial charge on any atom is 0.436 e. The number of halogens is 5. The van der Waals surface area contributed by atoms with Crippen LogP contribution in [0.5, 0.6) is 0 Å². The molecule has 0 radical (unpaired) electrons. The summed E-state index contributed by atoms with van der Waals surface area (Å²) in [6.45, 7) is 5.68. The fourth-order valence-corrected chi connectivity index (χ4v) is 3.99. The van der Waals surface area contributed by atoms with Crippen LogP contribution >= 0.6 is 23.2 Å². The molecule has 0 aliphatic carbocycles. The number of carbonyl (C=O) groups excluding carboxylic acids is 1. The number of rotatable bonds is 5. The second-order valence-electron chi connectivity index (χ2n) is 6.89. The Morgan fingerprint density at radius 1 is 1.21 bits per heavy atom. The quantitative estimate of drug-likeness (QED) is 0.626. The van der Waals surface area contributed by atoms with E-state index in [-0.39, 0.29) is 5.69 Å². The second kappa shape index (κ2) is 8.53. The Balaban J connectivity index is 1.77. The largest absolute Gasteiger partial charge is 0.436 e. The van der Waals surface area contributed by atoms with Gasteiger partial charge in [-0.25, -0.2) is 4.68 Å². The Kier molecular flexibility index (Phi) is 6.45. The van der Waals surface area contributed by atoms with Crippen LogP contribution in [0.3, 0.4) is 0 Å². The van der Waals surface area contributed by atoms with Crippen LogP contribution in [0.25, 0.3) is 0 Å². The molecule has 1 atom stereocenters. The minimum absolute atomic E-state index is 0.115. The standard InChI is InChI=1S/C19H21Cl2F3N4O/c1-3-13-10-14(4-5-15(13)20)26-6-8-27(9-7-26)16(11-29)28-12(2)17(21)18(25-28)19(22,23)24/h4-5,10-11,16H,3,6-9H2,1-2H3. The number of hydrogen-bond acceptors (Lipinski definition) is 4. The van der Waals surface area contributed by atoms with E-state index < -0.39 is 23.1 Å². The van der Waals surface area contributed by atoms with Crippen LogP contribution in [-0.2, 0) is 17.4 Å². The molecule has 3 rings (SSSR count). The van der Waals surface area contributed by atoms with Gasteiger partial charge in [-0.15, -0.1) is 0 Å². The molecule has 0 N–H and O–H groups in total. The first kappa shape index (κ1) is 21.9. The van der Waals surface area contributed by atoms with Crippen molar-refractivity contribution in [1.29, 1.82) is 0 Å². The lowest BCUT2D eigenvalue weighted by atomic mass is 10.1. The van der Waals surface area contributed by atoms with Crippen molar-refractivity contribution in [3.05, 3.63) is 45.2 Å². The molecule has 0 spiro atoms. The van der Waals surface area contributed by atoms with E-state index in [9.17, 15) is 18.0 Å². The lowest BCUT2D eigenvalue weighted by Crippen LogP contribution is -2.49. The summed E-state index contributed by atoms with van der Waals surface area (Å²) >= 11 is 12.0. The number of nitrogens with zero attached hydrogens (tertiary/aromatic N) is 4. The van der Waals surface area contributed by atoms with Crippen molar-refractivity contribution in [1.82, 2.24) is 14.7 Å². The Morgan fingerprint density at radius 3 is 2.38 bits per heavy atom. The summed E-state index contributed by atoms with van der Waals surface area (Å²) in [4.78, 5) is 15.7. The molecule has 1 unspecified atom stereocenters. The molecule has 1 aromatic heterocycles. The van der Waals surface area contributed by atoms with Crippen LogP contribution in [0.15, 0.2) is 18.2 Å². The van der Waals surface area contributed by atoms with Crippen molar-refractivity contribution in [3.63, 3.8) is 0 Å². The molecule has 2 aromatic rings. The smallest absolute Gasteiger partial charge is 0.369 e. The molecular weight excluding hydrogens is 428 g/mol. The number of hydrogen-bond donors (Lipinski definition) is 0. The average Bonchev–Trinajstić information content (AvgIpc) is 2.99. The molecule has 29 heavy (non-hydrogen) atoms. The molecule has 5 nitrogen and oxygen atoms in total. The van der Waals surface area contributed by atoms with E-state index in [0.717, 1.165) is 27.4 Å². The van der Waals surface area contributed by atoms with Crippen molar-refractivity contribution >= 4 is 35.2 Å². The maximum atomic E-state index is 13.1. The molecule has 2 heterocycles. The van der Waals surface area contributed by atoms with E-state index in [1.807, 2.05) is 25.1 Å². The molecule has 10 heteroatoms. The second-order valence-corrected chi connectivity index (χ2v) is 7.68. The van der Waals surface area contributed by atoms with Gasteiger partial charge in [0.25, 0.3) is 0 Å². The predicted molar refractivity (Wildman–Crippen MR) is 107 cm³/mol. The van der Waals surface area contributed by atoms with Crippen molar-refractivity contribution in [2.24, 2.45) is 0 Å². The number of aldehydes is 1. The SMILES string of the molecule is CCc1cc(N2CCN(C(C=O)n3nc(C(F)(F)F)c(Cl)c3C)CC2)ccc1Cl. The van der Waals surface area contributed by atoms with E-state index in [0.29, 0.717) is 32.5 Å². The first-order valence-corrected chi connectivity index (χ1v) is 9.97. The molecule has 158 valence electrons. The van der Waals surface area contributed by atoms with Crippen molar-refractivity contribution < 1.29 is 18.0 Å². The fourth-order valence-electron chi connectivity index (χ4n) is 3.51. The number of piperazine rings is 1. The summed E-state index contributed by atoms with van der Waals surface area (Å²) in [6.07, 6.45) is -4.20. The van der Waals surface area contributed by atoms with Crippen LogP contribution in [0.4, 0.5) is 18.9 Å². The van der Waals surface area contributed by atoms with Crippen LogP contribution in [-0.4, -0.2) is 47.1 Å². The van der Waals surface area contributed by atoms with Gasteiger partial charge >= 0.3 is 6.18 Å². The van der Waals surface area contributed by atoms with Crippen molar-refractivity contribution in [2.75, 3.05) is 31.1 Å². The normalized spacial score (nSPS) is 16.9. The number of carbonyl (C=O) groups is 1. The zero-order valence-electron chi connectivity index (χ0n) is 16.0. The molecule has 0 bridgehead atoms. The number of aryl methyl sites for hydroxylation is 1. The molecule has 1 saturated heterocycles. The third-order valence-corrected chi connectivity index (χ3v) is 6.00. The van der Waals surface area contributed by atoms with Crippen molar-refractivity contribution in [3.8, 4) is 0 Å². The predicted octanol–water partition coefficient (Wildman–Crippen LogP) is 4.60. The first-order valence-electron chi connectivity index (χ1n) is 9.21. The van der Waals surface area contributed by atoms with E-state index in [1.165, 1.54) is 6.92 Å². The molecule has 1 aromatic carbocycles. The average molecular weight is 449 g/mol. The lowest BCUT2D eigenvalue weighted by molar-refractivity contribution is -0.142. The maximum absolute atomic E-state index is 13.1. The highest BCUT2D eigenvalue weighted by Gasteiger charge is 2.39. The van der Waals surface area contributed by atoms with Gasteiger partial charge in [0.15, 0.2) is 18.1 Å². The molecule has 1 aliphatic rings. The zero-order chi connectivity index (χ0) is 21.3. The highest BCUT2D eigenvalue weighted by Crippen LogP contribution is 2.36. The van der Waals surface area contributed by atoms with Crippen molar-refractivity contribution in [2.45, 2.75) is 32.6 Å². The van der Waals surface area contributed by atoms with Gasteiger partial charge in [0.2, 0.25) is 0 Å². The Bertz CT molecular complexity index is 892. The van der Waals surface area contributed by atoms with Gasteiger partial charge in [0.1, 0.15) is 0 Å². The molecule has 1 aliphatic heterocycles. The van der Waals surface area contributed by atoms with Gasteiger partial charge in [-0.05, 0) is 37.1 Å². The fraction of sp³-hybridized carbons (Fsp3) is 0.474. The lowest BCUT2D eigenvalue weighted by Gasteiger charge is -2.38. The van der Waals surface area contributed by atoms with Gasteiger partial charge in [-0.2, -0.15) is 18.3 Å². The molecular formula is C19H21Cl2F3N4O. The summed E-state index contributed by atoms with van der Waals surface area (Å²) in [5.41, 5.74) is 1.03. The Hall–Kier alpha value is -1.77. The first-order chi connectivity index (χ1) is 13.7. The Labute approximate surface area is 177 Å². The number of aromatic nitrogens is 2. The molecule has 0 saturated carbocycles. The van der Waals surface area contributed by atoms with Gasteiger partial charge in [-0.1, -0.05) is 30.1 Å². The van der Waals surface area contributed by atoms with Gasteiger partial charge in [0.05, 0.1) is 10.7 Å². The van der Waals surface area contributed by atoms with E-state index in [4.69, 9.17) is 23.2 Å². The third-order valence-electron chi connectivity index (χ3n) is 5.18. The molecule has 0 amide bonds. The number of benzene rings is 1. The van der Waals surface area contributed by atoms with Crippen LogP contribution < -0.4 is 4.90 Å². The minimum Gasteiger partial charge on any atom is -0.369 e. The summed E-state index contributed by atoms with van der Waals surface area (Å²) in [5.74, 6) is 0. The van der Waals surface area contributed by atoms with Gasteiger partial charge < -0.3 is 4.90 Å². The van der Waals surface area contributed by atoms with Gasteiger partial charge in [-0.3, -0.25) is 9.69 Å². The summed E-state index contributed by atoms with van der Waals surface area (Å²) in [6, 6.07) is 5.85. The summed E-state index contributed by atoms with van der Waals surface area (Å²) in [7, 11) is 0. The third kappa shape index (κ3) is 4.39. The topological polar surface area (TPSA) is 41.4 Å². The zero-order valence-corrected chi connectivity index (χ0v) is 17.5. The van der Waals surface area contributed by atoms with Crippen LogP contribution in [0.1, 0.15) is 30.0 Å². The molecule has 1 fully saturated rings. The van der Waals surface area contributed by atoms with Crippen LogP contribution in [0.2, 0.25) is 10.0 Å². The highest BCUT2D eigenvalue weighted by atomic mass is 35.5. The monoisotopic (exact) mass is 448 g/mol. The van der Waals surface area contributed by atoms with Gasteiger partial charge in [0, 0.05) is 36.9 Å². The van der Waals surface area contributed by atoms with E-state index in [1.54, 1.807) is 4.90 Å². The summed E-state index contributed by atoms with van der Waals surface area (Å²) in [5, 5.41) is 3.84. The number of alkyl halides is 3. The van der Waals surface area contributed by atoms with E-state index in [2.05, 4.69) is 10.00 Å². The highest BCUT2D eigenvalue weighted by molar-refractivity contribution is 6.32. The van der Waals surface area contributed by atoms with E-state index >= 15 is 0 Å². The van der Waals surface area contributed by atoms with Crippen LogP contribution in [0, 0.1) is 6.92 Å².